The molecule has 0 aliphatic rings. The van der Waals surface area contributed by atoms with Crippen LogP contribution < -0.4 is 5.32 Å². The number of nitrogens with one attached hydrogen (secondary N) is 1. The van der Waals surface area contributed by atoms with Crippen LogP contribution in [-0.4, -0.2) is 25.8 Å². The Morgan fingerprint density at radius 1 is 0.714 bits per heavy atom. The Hall–Kier alpha value is -3.90. The molecule has 0 aromatic heterocycles. The largest absolute Gasteiger partial charge is 0.376 e. The number of carbonyl (C=O) groups excluding carboxylic acids is 1. The number of nitrogens with zero attached hydrogens (tertiary/aromatic N) is 1. The molecule has 0 heterocycles. The van der Waals surface area contributed by atoms with E-state index in [4.69, 9.17) is 0 Å². The van der Waals surface area contributed by atoms with E-state index in [1.165, 1.54) is 0 Å². The lowest BCUT2D eigenvalue weighted by molar-refractivity contribution is -0.130. The second-order valence-corrected chi connectivity index (χ2v) is 10.2. The molecule has 1 amide bonds. The van der Waals surface area contributed by atoms with Gasteiger partial charge >= 0.3 is 0 Å². The summed E-state index contributed by atoms with van der Waals surface area (Å²) in [5.74, 6) is -0.0755. The molecular weight excluding hydrogens is 456 g/mol. The molecule has 0 aliphatic heterocycles. The number of benzene rings is 4. The molecule has 5 nitrogen and oxygen atoms in total. The molecule has 1 N–H and O–H groups in total. The van der Waals surface area contributed by atoms with Crippen molar-refractivity contribution in [2.24, 2.45) is 0 Å². The Balaban J connectivity index is 1.53. The van der Waals surface area contributed by atoms with Crippen LogP contribution in [0.1, 0.15) is 16.7 Å². The number of amides is 1. The van der Waals surface area contributed by atoms with Crippen LogP contribution in [0.2, 0.25) is 0 Å². The Morgan fingerprint density at radius 3 is 1.77 bits per heavy atom. The predicted octanol–water partition coefficient (Wildman–Crippen LogP) is 5.47. The van der Waals surface area contributed by atoms with E-state index in [2.05, 4.69) is 5.32 Å². The zero-order valence-corrected chi connectivity index (χ0v) is 20.4. The normalized spacial score (nSPS) is 11.1. The minimum absolute atomic E-state index is 0.0509. The monoisotopic (exact) mass is 484 g/mol. The SMILES string of the molecule is Cc1c(NCC(=O)N(Cc2ccccc2)Cc2ccccc2)cccc1S(=O)(=O)c1ccccc1. The van der Waals surface area contributed by atoms with Gasteiger partial charge in [0.05, 0.1) is 16.3 Å². The first-order valence-electron chi connectivity index (χ1n) is 11.4. The third kappa shape index (κ3) is 5.97. The van der Waals surface area contributed by atoms with Gasteiger partial charge in [-0.2, -0.15) is 0 Å². The number of hydrogen-bond donors (Lipinski definition) is 1. The maximum absolute atomic E-state index is 13.3. The van der Waals surface area contributed by atoms with E-state index >= 15 is 0 Å². The van der Waals surface area contributed by atoms with E-state index < -0.39 is 9.84 Å². The quantitative estimate of drug-likeness (QED) is 0.342. The maximum Gasteiger partial charge on any atom is 0.242 e. The number of sulfone groups is 1. The number of hydrogen-bond acceptors (Lipinski definition) is 4. The van der Waals surface area contributed by atoms with E-state index in [9.17, 15) is 13.2 Å². The van der Waals surface area contributed by atoms with Crippen LogP contribution in [0.15, 0.2) is 119 Å². The molecule has 6 heteroatoms. The summed E-state index contributed by atoms with van der Waals surface area (Å²) in [5, 5.41) is 3.17. The first-order chi connectivity index (χ1) is 16.9. The highest BCUT2D eigenvalue weighted by molar-refractivity contribution is 7.91. The van der Waals surface area contributed by atoms with Crippen LogP contribution in [0, 0.1) is 6.92 Å². The fourth-order valence-corrected chi connectivity index (χ4v) is 5.49. The van der Waals surface area contributed by atoms with Crippen molar-refractivity contribution in [2.45, 2.75) is 29.8 Å². The maximum atomic E-state index is 13.3. The van der Waals surface area contributed by atoms with E-state index in [1.807, 2.05) is 60.7 Å². The molecule has 0 saturated carbocycles. The van der Waals surface area contributed by atoms with E-state index in [-0.39, 0.29) is 22.2 Å². The van der Waals surface area contributed by atoms with Gasteiger partial charge in [0.15, 0.2) is 0 Å². The molecule has 0 fully saturated rings. The molecular formula is C29H28N2O3S. The first-order valence-corrected chi connectivity index (χ1v) is 12.9. The topological polar surface area (TPSA) is 66.5 Å². The lowest BCUT2D eigenvalue weighted by Gasteiger charge is -2.24. The zero-order valence-electron chi connectivity index (χ0n) is 19.6. The highest BCUT2D eigenvalue weighted by Crippen LogP contribution is 2.28. The van der Waals surface area contributed by atoms with Crippen molar-refractivity contribution >= 4 is 21.4 Å². The van der Waals surface area contributed by atoms with Crippen molar-refractivity contribution in [1.29, 1.82) is 0 Å². The average molecular weight is 485 g/mol. The highest BCUT2D eigenvalue weighted by atomic mass is 32.2. The van der Waals surface area contributed by atoms with Crippen molar-refractivity contribution < 1.29 is 13.2 Å². The molecule has 35 heavy (non-hydrogen) atoms. The van der Waals surface area contributed by atoms with Crippen LogP contribution >= 0.6 is 0 Å². The van der Waals surface area contributed by atoms with Gasteiger partial charge in [0.2, 0.25) is 15.7 Å². The van der Waals surface area contributed by atoms with Gasteiger partial charge in [-0.3, -0.25) is 4.79 Å². The molecule has 0 bridgehead atoms. The van der Waals surface area contributed by atoms with Gasteiger partial charge in [-0.15, -0.1) is 0 Å². The molecule has 0 atom stereocenters. The third-order valence-electron chi connectivity index (χ3n) is 5.84. The summed E-state index contributed by atoms with van der Waals surface area (Å²) in [7, 11) is -3.66. The molecule has 0 aliphatic carbocycles. The van der Waals surface area contributed by atoms with Crippen LogP contribution in [0.25, 0.3) is 0 Å². The van der Waals surface area contributed by atoms with Crippen molar-refractivity contribution in [3.63, 3.8) is 0 Å². The molecule has 0 saturated heterocycles. The Labute approximate surface area is 207 Å². The lowest BCUT2D eigenvalue weighted by atomic mass is 10.1. The predicted molar refractivity (Wildman–Crippen MR) is 139 cm³/mol. The van der Waals surface area contributed by atoms with E-state index in [1.54, 1.807) is 60.4 Å². The first kappa shape index (κ1) is 24.2. The molecule has 4 aromatic rings. The summed E-state index contributed by atoms with van der Waals surface area (Å²) in [5.41, 5.74) is 3.30. The van der Waals surface area contributed by atoms with Gasteiger partial charge < -0.3 is 10.2 Å². The van der Waals surface area contributed by atoms with Gasteiger partial charge in [0.25, 0.3) is 0 Å². The summed E-state index contributed by atoms with van der Waals surface area (Å²) < 4.78 is 26.3. The Kier molecular flexibility index (Phi) is 7.63. The summed E-state index contributed by atoms with van der Waals surface area (Å²) in [4.78, 5) is 15.6. The fourth-order valence-electron chi connectivity index (χ4n) is 3.95. The fraction of sp³-hybridized carbons (Fsp3) is 0.138. The van der Waals surface area contributed by atoms with Crippen molar-refractivity contribution in [1.82, 2.24) is 4.90 Å². The molecule has 0 spiro atoms. The smallest absolute Gasteiger partial charge is 0.242 e. The number of rotatable bonds is 9. The minimum Gasteiger partial charge on any atom is -0.376 e. The molecule has 4 aromatic carbocycles. The van der Waals surface area contributed by atoms with Crippen LogP contribution in [0.4, 0.5) is 5.69 Å². The Bertz CT molecular complexity index is 1330. The van der Waals surface area contributed by atoms with E-state index in [0.29, 0.717) is 24.3 Å². The van der Waals surface area contributed by atoms with Crippen molar-refractivity contribution in [2.75, 3.05) is 11.9 Å². The summed E-state index contributed by atoms with van der Waals surface area (Å²) in [6, 6.07) is 33.2. The summed E-state index contributed by atoms with van der Waals surface area (Å²) in [6.45, 7) is 2.78. The standard InChI is InChI=1S/C29H28N2O3S/c1-23-27(18-11-19-28(23)35(33,34)26-16-9-4-10-17-26)30-20-29(32)31(21-24-12-5-2-6-13-24)22-25-14-7-3-8-15-25/h2-19,30H,20-22H2,1H3. The number of carbonyl (C=O) groups is 1. The van der Waals surface area contributed by atoms with Gasteiger partial charge in [0, 0.05) is 18.8 Å². The zero-order chi connectivity index (χ0) is 24.7. The molecule has 178 valence electrons. The van der Waals surface area contributed by atoms with Crippen LogP contribution in [-0.2, 0) is 27.7 Å². The average Bonchev–Trinajstić information content (AvgIpc) is 2.89. The van der Waals surface area contributed by atoms with Crippen molar-refractivity contribution in [3.8, 4) is 0 Å². The Morgan fingerprint density at radius 2 is 1.23 bits per heavy atom. The summed E-state index contributed by atoms with van der Waals surface area (Å²) >= 11 is 0. The third-order valence-corrected chi connectivity index (χ3v) is 7.76. The van der Waals surface area contributed by atoms with Gasteiger partial charge in [0.1, 0.15) is 0 Å². The molecule has 0 radical (unpaired) electrons. The minimum atomic E-state index is -3.66. The van der Waals surface area contributed by atoms with Crippen LogP contribution in [0.5, 0.6) is 0 Å². The van der Waals surface area contributed by atoms with Gasteiger partial charge in [-0.1, -0.05) is 84.9 Å². The van der Waals surface area contributed by atoms with Crippen LogP contribution in [0.3, 0.4) is 0 Å². The van der Waals surface area contributed by atoms with Gasteiger partial charge in [-0.05, 0) is 47.9 Å². The number of anilines is 1. The van der Waals surface area contributed by atoms with E-state index in [0.717, 1.165) is 11.1 Å². The van der Waals surface area contributed by atoms with Gasteiger partial charge in [-0.25, -0.2) is 8.42 Å². The second kappa shape index (κ2) is 11.0. The molecule has 4 rings (SSSR count). The lowest BCUT2D eigenvalue weighted by Crippen LogP contribution is -2.34. The van der Waals surface area contributed by atoms with Crippen molar-refractivity contribution in [3.05, 3.63) is 126 Å². The molecule has 0 unspecified atom stereocenters. The summed E-state index contributed by atoms with van der Waals surface area (Å²) in [6.07, 6.45) is 0. The highest BCUT2D eigenvalue weighted by Gasteiger charge is 2.21. The second-order valence-electron chi connectivity index (χ2n) is 8.32.